The molecule has 0 saturated heterocycles. The fourth-order valence-corrected chi connectivity index (χ4v) is 5.25. The Morgan fingerprint density at radius 1 is 1.13 bits per heavy atom. The van der Waals surface area contributed by atoms with Crippen molar-refractivity contribution in [1.82, 2.24) is 10.2 Å². The van der Waals surface area contributed by atoms with Crippen molar-refractivity contribution in [2.45, 2.75) is 85.0 Å². The monoisotopic (exact) mass is 314 g/mol. The van der Waals surface area contributed by atoms with Crippen molar-refractivity contribution >= 4 is 5.78 Å². The molecule has 1 aromatic heterocycles. The van der Waals surface area contributed by atoms with Crippen molar-refractivity contribution in [3.63, 3.8) is 0 Å². The van der Waals surface area contributed by atoms with Crippen LogP contribution in [0.15, 0.2) is 11.1 Å². The van der Waals surface area contributed by atoms with E-state index in [-0.39, 0.29) is 10.8 Å². The minimum Gasteiger partial charge on any atom is -0.294 e. The number of H-pyrrole nitrogens is 1. The van der Waals surface area contributed by atoms with E-state index in [0.29, 0.717) is 12.2 Å². The standard InChI is InChI=1S/C20H30N2O/c1-6-8-20(9-7-2)17-13(3)21-22-15(17)10-14-11-19(4,5)12-16(23)18(14)20/h6-12H2,1-5H3,(H,21,22). The number of ketones is 1. The minimum absolute atomic E-state index is 0.0863. The summed E-state index contributed by atoms with van der Waals surface area (Å²) in [5.74, 6) is 0.393. The van der Waals surface area contributed by atoms with E-state index >= 15 is 0 Å². The molecule has 0 fully saturated rings. The van der Waals surface area contributed by atoms with Gasteiger partial charge in [0, 0.05) is 35.1 Å². The summed E-state index contributed by atoms with van der Waals surface area (Å²) < 4.78 is 0. The van der Waals surface area contributed by atoms with Crippen molar-refractivity contribution in [2.24, 2.45) is 5.41 Å². The normalized spacial score (nSPS) is 22.0. The fourth-order valence-electron chi connectivity index (χ4n) is 5.25. The molecule has 0 aliphatic heterocycles. The molecule has 3 rings (SSSR count). The summed E-state index contributed by atoms with van der Waals surface area (Å²) in [4.78, 5) is 13.2. The van der Waals surface area contributed by atoms with E-state index in [2.05, 4.69) is 44.8 Å². The summed E-state index contributed by atoms with van der Waals surface area (Å²) in [6, 6.07) is 0. The number of fused-ring (bicyclic) bond motifs is 1. The van der Waals surface area contributed by atoms with Crippen molar-refractivity contribution in [3.8, 4) is 0 Å². The van der Waals surface area contributed by atoms with Crippen molar-refractivity contribution in [3.05, 3.63) is 28.1 Å². The second-order valence-corrected chi connectivity index (χ2v) is 8.35. The van der Waals surface area contributed by atoms with E-state index in [1.807, 2.05) is 0 Å². The number of Topliss-reactive ketones (excluding diaryl/α,β-unsaturated/α-hetero) is 1. The number of rotatable bonds is 4. The molecule has 2 aliphatic rings. The fraction of sp³-hybridized carbons (Fsp3) is 0.700. The van der Waals surface area contributed by atoms with E-state index < -0.39 is 0 Å². The van der Waals surface area contributed by atoms with Gasteiger partial charge in [-0.1, -0.05) is 46.1 Å². The first-order valence-corrected chi connectivity index (χ1v) is 9.14. The van der Waals surface area contributed by atoms with Gasteiger partial charge in [-0.3, -0.25) is 9.89 Å². The van der Waals surface area contributed by atoms with Crippen LogP contribution >= 0.6 is 0 Å². The van der Waals surface area contributed by atoms with Crippen LogP contribution in [0.5, 0.6) is 0 Å². The number of aromatic amines is 1. The smallest absolute Gasteiger partial charge is 0.160 e. The Kier molecular flexibility index (Phi) is 4.02. The van der Waals surface area contributed by atoms with Crippen LogP contribution in [0.25, 0.3) is 0 Å². The first kappa shape index (κ1) is 16.5. The van der Waals surface area contributed by atoms with Crippen LogP contribution in [-0.2, 0) is 16.6 Å². The summed E-state index contributed by atoms with van der Waals surface area (Å²) in [6.45, 7) is 11.0. The van der Waals surface area contributed by atoms with Crippen LogP contribution < -0.4 is 0 Å². The molecule has 1 N–H and O–H groups in total. The summed E-state index contributed by atoms with van der Waals surface area (Å²) in [6.07, 6.45) is 6.88. The molecule has 0 spiro atoms. The predicted molar refractivity (Wildman–Crippen MR) is 93.6 cm³/mol. The molecule has 126 valence electrons. The lowest BCUT2D eigenvalue weighted by Crippen LogP contribution is -2.42. The van der Waals surface area contributed by atoms with Crippen LogP contribution in [0.1, 0.15) is 83.2 Å². The molecule has 0 bridgehead atoms. The van der Waals surface area contributed by atoms with Gasteiger partial charge in [0.15, 0.2) is 5.78 Å². The largest absolute Gasteiger partial charge is 0.294 e. The lowest BCUT2D eigenvalue weighted by molar-refractivity contribution is -0.119. The Hall–Kier alpha value is -1.38. The lowest BCUT2D eigenvalue weighted by Gasteiger charge is -2.45. The number of hydrogen-bond donors (Lipinski definition) is 1. The molecule has 3 nitrogen and oxygen atoms in total. The maximum Gasteiger partial charge on any atom is 0.160 e. The number of nitrogens with zero attached hydrogens (tertiary/aromatic N) is 1. The number of carbonyl (C=O) groups is 1. The summed E-state index contributed by atoms with van der Waals surface area (Å²) >= 11 is 0. The van der Waals surface area contributed by atoms with E-state index in [4.69, 9.17) is 0 Å². The number of allylic oxidation sites excluding steroid dienone is 2. The van der Waals surface area contributed by atoms with Gasteiger partial charge in [-0.05, 0) is 31.6 Å². The second-order valence-electron chi connectivity index (χ2n) is 8.35. The summed E-state index contributed by atoms with van der Waals surface area (Å²) in [5, 5.41) is 7.82. The highest BCUT2D eigenvalue weighted by Crippen LogP contribution is 2.53. The average Bonchev–Trinajstić information content (AvgIpc) is 2.79. The van der Waals surface area contributed by atoms with Gasteiger partial charge in [-0.2, -0.15) is 5.10 Å². The molecule has 0 atom stereocenters. The topological polar surface area (TPSA) is 45.8 Å². The maximum absolute atomic E-state index is 13.2. The van der Waals surface area contributed by atoms with Gasteiger partial charge < -0.3 is 0 Å². The van der Waals surface area contributed by atoms with Gasteiger partial charge in [-0.25, -0.2) is 0 Å². The molecule has 1 aromatic rings. The molecular weight excluding hydrogens is 284 g/mol. The zero-order valence-electron chi connectivity index (χ0n) is 15.3. The van der Waals surface area contributed by atoms with Gasteiger partial charge in [0.05, 0.1) is 5.69 Å². The minimum atomic E-state index is -0.100. The van der Waals surface area contributed by atoms with E-state index in [1.54, 1.807) is 0 Å². The van der Waals surface area contributed by atoms with Crippen molar-refractivity contribution in [2.75, 3.05) is 0 Å². The third kappa shape index (κ3) is 2.49. The van der Waals surface area contributed by atoms with Gasteiger partial charge in [-0.15, -0.1) is 0 Å². The number of aromatic nitrogens is 2. The maximum atomic E-state index is 13.2. The van der Waals surface area contributed by atoms with Crippen molar-refractivity contribution in [1.29, 1.82) is 0 Å². The number of carbonyl (C=O) groups excluding carboxylic acids is 1. The third-order valence-corrected chi connectivity index (χ3v) is 5.68. The highest BCUT2D eigenvalue weighted by Gasteiger charge is 2.49. The highest BCUT2D eigenvalue weighted by atomic mass is 16.1. The lowest BCUT2D eigenvalue weighted by atomic mass is 9.57. The summed E-state index contributed by atoms with van der Waals surface area (Å²) in [5.41, 5.74) is 6.21. The predicted octanol–water partition coefficient (Wildman–Crippen LogP) is 4.80. The summed E-state index contributed by atoms with van der Waals surface area (Å²) in [7, 11) is 0. The highest BCUT2D eigenvalue weighted by molar-refractivity contribution is 6.00. The number of nitrogens with one attached hydrogen (secondary N) is 1. The number of hydrogen-bond acceptors (Lipinski definition) is 2. The van der Waals surface area contributed by atoms with E-state index in [0.717, 1.165) is 49.8 Å². The molecular formula is C20H30N2O. The van der Waals surface area contributed by atoms with Gasteiger partial charge in [0.2, 0.25) is 0 Å². The van der Waals surface area contributed by atoms with E-state index in [1.165, 1.54) is 16.8 Å². The van der Waals surface area contributed by atoms with Crippen molar-refractivity contribution < 1.29 is 4.79 Å². The molecule has 2 aliphatic carbocycles. The molecule has 0 radical (unpaired) electrons. The molecule has 23 heavy (non-hydrogen) atoms. The first-order valence-electron chi connectivity index (χ1n) is 9.14. The number of aryl methyl sites for hydroxylation is 1. The Morgan fingerprint density at radius 2 is 1.78 bits per heavy atom. The average molecular weight is 314 g/mol. The van der Waals surface area contributed by atoms with Crippen LogP contribution in [0.4, 0.5) is 0 Å². The SMILES string of the molecule is CCCC1(CCC)C2=C(Cc3n[nH]c(C)c31)CC(C)(C)CC2=O. The molecule has 0 saturated carbocycles. The molecule has 3 heteroatoms. The van der Waals surface area contributed by atoms with Gasteiger partial charge in [0.1, 0.15) is 0 Å². The van der Waals surface area contributed by atoms with Crippen LogP contribution in [-0.4, -0.2) is 16.0 Å². The quantitative estimate of drug-likeness (QED) is 0.868. The first-order chi connectivity index (χ1) is 10.8. The van der Waals surface area contributed by atoms with Crippen LogP contribution in [0.2, 0.25) is 0 Å². The Balaban J connectivity index is 2.24. The Labute approximate surface area is 139 Å². The molecule has 0 aromatic carbocycles. The zero-order valence-corrected chi connectivity index (χ0v) is 15.3. The van der Waals surface area contributed by atoms with Crippen LogP contribution in [0.3, 0.4) is 0 Å². The third-order valence-electron chi connectivity index (χ3n) is 5.68. The Morgan fingerprint density at radius 3 is 2.39 bits per heavy atom. The van der Waals surface area contributed by atoms with Crippen LogP contribution in [0, 0.1) is 12.3 Å². The van der Waals surface area contributed by atoms with Gasteiger partial charge >= 0.3 is 0 Å². The zero-order chi connectivity index (χ0) is 16.8. The Bertz CT molecular complexity index is 657. The molecule has 1 heterocycles. The molecule has 0 unspecified atom stereocenters. The van der Waals surface area contributed by atoms with Gasteiger partial charge in [0.25, 0.3) is 0 Å². The molecule has 0 amide bonds. The van der Waals surface area contributed by atoms with E-state index in [9.17, 15) is 4.79 Å². The second kappa shape index (κ2) is 5.61.